The van der Waals surface area contributed by atoms with E-state index in [4.69, 9.17) is 9.47 Å². The molecule has 1 atom stereocenters. The van der Waals surface area contributed by atoms with Gasteiger partial charge < -0.3 is 14.8 Å². The number of hydrogen-bond acceptors (Lipinski definition) is 6. The highest BCUT2D eigenvalue weighted by Crippen LogP contribution is 2.33. The van der Waals surface area contributed by atoms with E-state index in [1.807, 2.05) is 17.5 Å². The average Bonchev–Trinajstić information content (AvgIpc) is 3.26. The Morgan fingerprint density at radius 2 is 1.93 bits per heavy atom. The molecule has 0 saturated heterocycles. The zero-order chi connectivity index (χ0) is 21.7. The molecule has 3 rings (SSSR count). The first kappa shape index (κ1) is 21.6. The molecule has 1 aliphatic heterocycles. The van der Waals surface area contributed by atoms with Crippen molar-refractivity contribution in [1.29, 1.82) is 0 Å². The number of urea groups is 1. The highest BCUT2D eigenvalue weighted by molar-refractivity contribution is 7.09. The number of thiophene rings is 1. The van der Waals surface area contributed by atoms with Gasteiger partial charge in [-0.2, -0.15) is 0 Å². The average molecular weight is 429 g/mol. The third-order valence-corrected chi connectivity index (χ3v) is 5.87. The number of rotatable bonds is 7. The molecule has 158 valence electrons. The van der Waals surface area contributed by atoms with Crippen molar-refractivity contribution in [1.82, 2.24) is 10.2 Å². The predicted molar refractivity (Wildman–Crippen MR) is 113 cm³/mol. The number of esters is 2. The molecule has 0 unspecified atom stereocenters. The van der Waals surface area contributed by atoms with Crippen molar-refractivity contribution in [2.45, 2.75) is 26.3 Å². The van der Waals surface area contributed by atoms with Crippen molar-refractivity contribution in [3.63, 3.8) is 0 Å². The normalized spacial score (nSPS) is 16.3. The monoisotopic (exact) mass is 428 g/mol. The summed E-state index contributed by atoms with van der Waals surface area (Å²) in [4.78, 5) is 40.8. The van der Waals surface area contributed by atoms with E-state index in [1.54, 1.807) is 54.3 Å². The Labute approximate surface area is 179 Å². The largest absolute Gasteiger partial charge is 0.465 e. The van der Waals surface area contributed by atoms with E-state index in [9.17, 15) is 14.4 Å². The van der Waals surface area contributed by atoms with Crippen molar-refractivity contribution >= 4 is 29.3 Å². The van der Waals surface area contributed by atoms with Crippen molar-refractivity contribution in [3.05, 3.63) is 69.1 Å². The van der Waals surface area contributed by atoms with Gasteiger partial charge in [-0.3, -0.25) is 4.90 Å². The predicted octanol–water partition coefficient (Wildman–Crippen LogP) is 3.68. The fourth-order valence-corrected chi connectivity index (χ4v) is 4.18. The maximum atomic E-state index is 12.9. The van der Waals surface area contributed by atoms with Crippen LogP contribution < -0.4 is 5.32 Å². The maximum Gasteiger partial charge on any atom is 0.338 e. The standard InChI is InChI=1S/C22H24N2O5S/c1-4-29-21(26)18-14(2)24(12-11-15-8-7-13-30-15)22(27)23-19(18)16-9-5-6-10-17(16)20(25)28-3/h5-10,13,19H,4,11-12H2,1-3H3,(H,23,27)/t19-/m1/s1. The first-order valence-corrected chi connectivity index (χ1v) is 10.5. The summed E-state index contributed by atoms with van der Waals surface area (Å²) in [6.07, 6.45) is 0.669. The lowest BCUT2D eigenvalue weighted by Crippen LogP contribution is -2.48. The first-order valence-electron chi connectivity index (χ1n) is 9.63. The molecule has 1 N–H and O–H groups in total. The zero-order valence-electron chi connectivity index (χ0n) is 17.1. The minimum atomic E-state index is -0.815. The molecule has 0 fully saturated rings. The van der Waals surface area contributed by atoms with Gasteiger partial charge in [0.25, 0.3) is 0 Å². The van der Waals surface area contributed by atoms with Crippen molar-refractivity contribution < 1.29 is 23.9 Å². The van der Waals surface area contributed by atoms with E-state index in [2.05, 4.69) is 5.32 Å². The lowest BCUT2D eigenvalue weighted by Gasteiger charge is -2.35. The molecule has 1 aromatic carbocycles. The van der Waals surface area contributed by atoms with Crippen molar-refractivity contribution in [2.75, 3.05) is 20.3 Å². The van der Waals surface area contributed by atoms with Crippen LogP contribution in [0.2, 0.25) is 0 Å². The molecule has 0 spiro atoms. The minimum Gasteiger partial charge on any atom is -0.465 e. The number of carbonyl (C=O) groups is 3. The summed E-state index contributed by atoms with van der Waals surface area (Å²) in [5.41, 5.74) is 1.59. The quantitative estimate of drug-likeness (QED) is 0.680. The Morgan fingerprint density at radius 1 is 1.17 bits per heavy atom. The van der Waals surface area contributed by atoms with Crippen LogP contribution in [0.1, 0.15) is 40.7 Å². The first-order chi connectivity index (χ1) is 14.5. The van der Waals surface area contributed by atoms with E-state index in [0.717, 1.165) is 4.88 Å². The molecule has 8 heteroatoms. The second kappa shape index (κ2) is 9.58. The minimum absolute atomic E-state index is 0.199. The second-order valence-electron chi connectivity index (χ2n) is 6.66. The van der Waals surface area contributed by atoms with Gasteiger partial charge in [0, 0.05) is 17.1 Å². The third-order valence-electron chi connectivity index (χ3n) is 4.93. The van der Waals surface area contributed by atoms with Gasteiger partial charge in [-0.05, 0) is 43.3 Å². The Balaban J connectivity index is 2.03. The molecule has 2 aromatic rings. The third kappa shape index (κ3) is 4.38. The maximum absolute atomic E-state index is 12.9. The Morgan fingerprint density at radius 3 is 2.60 bits per heavy atom. The molecule has 0 bridgehead atoms. The van der Waals surface area contributed by atoms with Gasteiger partial charge in [0.15, 0.2) is 0 Å². The van der Waals surface area contributed by atoms with Crippen LogP contribution in [0.4, 0.5) is 4.79 Å². The molecule has 7 nitrogen and oxygen atoms in total. The second-order valence-corrected chi connectivity index (χ2v) is 7.69. The highest BCUT2D eigenvalue weighted by atomic mass is 32.1. The number of allylic oxidation sites excluding steroid dienone is 1. The molecule has 1 aromatic heterocycles. The van der Waals surface area contributed by atoms with E-state index in [-0.39, 0.29) is 18.2 Å². The molecule has 1 aliphatic rings. The van der Waals surface area contributed by atoms with Gasteiger partial charge >= 0.3 is 18.0 Å². The number of ether oxygens (including phenoxy) is 2. The number of hydrogen-bond donors (Lipinski definition) is 1. The molecule has 0 radical (unpaired) electrons. The summed E-state index contributed by atoms with van der Waals surface area (Å²) in [5, 5.41) is 4.86. The van der Waals surface area contributed by atoms with Gasteiger partial charge in [0.2, 0.25) is 0 Å². The molecular weight excluding hydrogens is 404 g/mol. The van der Waals surface area contributed by atoms with E-state index in [1.165, 1.54) is 7.11 Å². The van der Waals surface area contributed by atoms with Gasteiger partial charge in [-0.15, -0.1) is 11.3 Å². The van der Waals surface area contributed by atoms with Crippen LogP contribution in [0.15, 0.2) is 53.0 Å². The van der Waals surface area contributed by atoms with Crippen LogP contribution in [-0.2, 0) is 20.7 Å². The van der Waals surface area contributed by atoms with Crippen LogP contribution in [0.25, 0.3) is 0 Å². The number of benzene rings is 1. The molecule has 0 aliphatic carbocycles. The number of nitrogens with one attached hydrogen (secondary N) is 1. The van der Waals surface area contributed by atoms with Gasteiger partial charge in [-0.25, -0.2) is 14.4 Å². The topological polar surface area (TPSA) is 84.9 Å². The molecular formula is C22H24N2O5S. The van der Waals surface area contributed by atoms with Gasteiger partial charge in [0.1, 0.15) is 0 Å². The summed E-state index contributed by atoms with van der Waals surface area (Å²) in [6.45, 7) is 4.07. The SMILES string of the molecule is CCOC(=O)C1=C(C)N(CCc2cccs2)C(=O)N[C@@H]1c1ccccc1C(=O)OC. The van der Waals surface area contributed by atoms with Crippen LogP contribution >= 0.6 is 11.3 Å². The molecule has 2 heterocycles. The summed E-state index contributed by atoms with van der Waals surface area (Å²) >= 11 is 1.62. The fourth-order valence-electron chi connectivity index (χ4n) is 3.48. The Bertz CT molecular complexity index is 968. The van der Waals surface area contributed by atoms with E-state index < -0.39 is 18.0 Å². The van der Waals surface area contributed by atoms with E-state index in [0.29, 0.717) is 29.8 Å². The van der Waals surface area contributed by atoms with Crippen LogP contribution in [0.5, 0.6) is 0 Å². The zero-order valence-corrected chi connectivity index (χ0v) is 18.0. The van der Waals surface area contributed by atoms with Crippen molar-refractivity contribution in [2.24, 2.45) is 0 Å². The summed E-state index contributed by atoms with van der Waals surface area (Å²) in [7, 11) is 1.29. The van der Waals surface area contributed by atoms with Gasteiger partial charge in [-0.1, -0.05) is 24.3 Å². The Kier molecular flexibility index (Phi) is 6.89. The number of carbonyl (C=O) groups excluding carboxylic acids is 3. The molecule has 0 saturated carbocycles. The Hall–Kier alpha value is -3.13. The highest BCUT2D eigenvalue weighted by Gasteiger charge is 2.37. The molecule has 2 amide bonds. The molecule has 30 heavy (non-hydrogen) atoms. The lowest BCUT2D eigenvalue weighted by atomic mass is 9.91. The number of nitrogens with zero attached hydrogens (tertiary/aromatic N) is 1. The number of amides is 2. The van der Waals surface area contributed by atoms with Gasteiger partial charge in [0.05, 0.1) is 30.9 Å². The van der Waals surface area contributed by atoms with Crippen molar-refractivity contribution in [3.8, 4) is 0 Å². The van der Waals surface area contributed by atoms with E-state index >= 15 is 0 Å². The summed E-state index contributed by atoms with van der Waals surface area (Å²) < 4.78 is 10.1. The fraction of sp³-hybridized carbons (Fsp3) is 0.318. The van der Waals surface area contributed by atoms with Crippen LogP contribution in [0, 0.1) is 0 Å². The van der Waals surface area contributed by atoms with Crippen LogP contribution in [-0.4, -0.2) is 43.1 Å². The smallest absolute Gasteiger partial charge is 0.338 e. The lowest BCUT2D eigenvalue weighted by molar-refractivity contribution is -0.139. The van der Waals surface area contributed by atoms with Crippen LogP contribution in [0.3, 0.4) is 0 Å². The number of methoxy groups -OCH3 is 1. The summed E-state index contributed by atoms with van der Waals surface area (Å²) in [5.74, 6) is -1.07. The summed E-state index contributed by atoms with van der Waals surface area (Å²) in [6, 6.07) is 9.57.